The standard InChI is InChI=1S/C13H26N2O2/c1-11(2)5-8-15-12(16)9-14-10-13(17-3)6-4-7-13/h11,14H,4-10H2,1-3H3,(H,15,16). The van der Waals surface area contributed by atoms with E-state index in [2.05, 4.69) is 24.5 Å². The maximum Gasteiger partial charge on any atom is 0.233 e. The topological polar surface area (TPSA) is 50.4 Å². The van der Waals surface area contributed by atoms with Crippen LogP contribution < -0.4 is 10.6 Å². The maximum atomic E-state index is 11.5. The number of nitrogens with one attached hydrogen (secondary N) is 2. The molecule has 1 amide bonds. The van der Waals surface area contributed by atoms with Crippen LogP contribution in [0.15, 0.2) is 0 Å². The van der Waals surface area contributed by atoms with Gasteiger partial charge in [-0.05, 0) is 31.6 Å². The van der Waals surface area contributed by atoms with E-state index >= 15 is 0 Å². The largest absolute Gasteiger partial charge is 0.377 e. The summed E-state index contributed by atoms with van der Waals surface area (Å²) in [5.74, 6) is 0.714. The Morgan fingerprint density at radius 1 is 1.41 bits per heavy atom. The van der Waals surface area contributed by atoms with Gasteiger partial charge in [0.05, 0.1) is 12.1 Å². The van der Waals surface area contributed by atoms with Crippen molar-refractivity contribution in [2.75, 3.05) is 26.7 Å². The Hall–Kier alpha value is -0.610. The van der Waals surface area contributed by atoms with Crippen LogP contribution in [0.1, 0.15) is 39.5 Å². The second kappa shape index (κ2) is 6.97. The first-order chi connectivity index (χ1) is 8.08. The van der Waals surface area contributed by atoms with Gasteiger partial charge in [0.2, 0.25) is 5.91 Å². The van der Waals surface area contributed by atoms with E-state index in [1.165, 1.54) is 6.42 Å². The van der Waals surface area contributed by atoms with Gasteiger partial charge in [-0.25, -0.2) is 0 Å². The molecule has 0 radical (unpaired) electrons. The number of ether oxygens (including phenoxy) is 1. The molecule has 0 unspecified atom stereocenters. The summed E-state index contributed by atoms with van der Waals surface area (Å²) in [5, 5.41) is 6.09. The molecule has 0 saturated heterocycles. The quantitative estimate of drug-likeness (QED) is 0.674. The van der Waals surface area contributed by atoms with E-state index in [0.29, 0.717) is 12.5 Å². The van der Waals surface area contributed by atoms with Crippen molar-refractivity contribution in [2.24, 2.45) is 5.92 Å². The van der Waals surface area contributed by atoms with Crippen molar-refractivity contribution >= 4 is 5.91 Å². The van der Waals surface area contributed by atoms with Gasteiger partial charge < -0.3 is 15.4 Å². The van der Waals surface area contributed by atoms with Gasteiger partial charge in [0.1, 0.15) is 0 Å². The summed E-state index contributed by atoms with van der Waals surface area (Å²) in [6, 6.07) is 0. The molecule has 1 rings (SSSR count). The zero-order valence-corrected chi connectivity index (χ0v) is 11.3. The van der Waals surface area contributed by atoms with E-state index in [0.717, 1.165) is 32.4 Å². The van der Waals surface area contributed by atoms with E-state index < -0.39 is 0 Å². The summed E-state index contributed by atoms with van der Waals surface area (Å²) in [6.45, 7) is 6.25. The lowest BCUT2D eigenvalue weighted by atomic mass is 9.80. The first-order valence-corrected chi connectivity index (χ1v) is 6.60. The normalized spacial score (nSPS) is 17.9. The molecule has 1 fully saturated rings. The Kier molecular flexibility index (Phi) is 5.92. The Labute approximate surface area is 104 Å². The van der Waals surface area contributed by atoms with Gasteiger partial charge in [0.15, 0.2) is 0 Å². The van der Waals surface area contributed by atoms with Gasteiger partial charge in [0.25, 0.3) is 0 Å². The van der Waals surface area contributed by atoms with Crippen LogP contribution in [-0.4, -0.2) is 38.3 Å². The molecule has 2 N–H and O–H groups in total. The summed E-state index contributed by atoms with van der Waals surface area (Å²) >= 11 is 0. The van der Waals surface area contributed by atoms with Crippen molar-refractivity contribution in [3.8, 4) is 0 Å². The number of carbonyl (C=O) groups excluding carboxylic acids is 1. The van der Waals surface area contributed by atoms with Crippen molar-refractivity contribution in [1.29, 1.82) is 0 Å². The third-order valence-corrected chi connectivity index (χ3v) is 3.47. The number of amides is 1. The molecule has 0 atom stereocenters. The second-order valence-corrected chi connectivity index (χ2v) is 5.38. The van der Waals surface area contributed by atoms with Crippen LogP contribution in [-0.2, 0) is 9.53 Å². The predicted molar refractivity (Wildman–Crippen MR) is 68.9 cm³/mol. The Morgan fingerprint density at radius 3 is 2.59 bits per heavy atom. The molecule has 0 aliphatic heterocycles. The van der Waals surface area contributed by atoms with Crippen molar-refractivity contribution in [3.05, 3.63) is 0 Å². The number of hydrogen-bond donors (Lipinski definition) is 2. The SMILES string of the molecule is COC1(CNCC(=O)NCCC(C)C)CCC1. The van der Waals surface area contributed by atoms with E-state index in [-0.39, 0.29) is 11.5 Å². The molecule has 0 bridgehead atoms. The van der Waals surface area contributed by atoms with Crippen molar-refractivity contribution < 1.29 is 9.53 Å². The molecule has 0 spiro atoms. The number of rotatable bonds is 8. The Balaban J connectivity index is 2.03. The fourth-order valence-electron chi connectivity index (χ4n) is 1.99. The molecule has 4 nitrogen and oxygen atoms in total. The summed E-state index contributed by atoms with van der Waals surface area (Å²) in [7, 11) is 1.75. The highest BCUT2D eigenvalue weighted by atomic mass is 16.5. The molecule has 100 valence electrons. The van der Waals surface area contributed by atoms with Gasteiger partial charge in [-0.15, -0.1) is 0 Å². The van der Waals surface area contributed by atoms with Crippen LogP contribution in [0, 0.1) is 5.92 Å². The highest BCUT2D eigenvalue weighted by molar-refractivity contribution is 5.77. The van der Waals surface area contributed by atoms with E-state index in [4.69, 9.17) is 4.74 Å². The van der Waals surface area contributed by atoms with Gasteiger partial charge in [-0.3, -0.25) is 4.79 Å². The lowest BCUT2D eigenvalue weighted by molar-refractivity contribution is -0.120. The van der Waals surface area contributed by atoms with Crippen LogP contribution in [0.5, 0.6) is 0 Å². The first kappa shape index (κ1) is 14.5. The van der Waals surface area contributed by atoms with Crippen molar-refractivity contribution in [2.45, 2.75) is 45.1 Å². The first-order valence-electron chi connectivity index (χ1n) is 6.60. The smallest absolute Gasteiger partial charge is 0.233 e. The summed E-state index contributed by atoms with van der Waals surface area (Å²) in [5.41, 5.74) is -0.00177. The zero-order chi connectivity index (χ0) is 12.7. The molecular weight excluding hydrogens is 216 g/mol. The van der Waals surface area contributed by atoms with E-state index in [1.54, 1.807) is 7.11 Å². The van der Waals surface area contributed by atoms with E-state index in [1.807, 2.05) is 0 Å². The molecule has 0 aromatic carbocycles. The van der Waals surface area contributed by atoms with E-state index in [9.17, 15) is 4.79 Å². The maximum absolute atomic E-state index is 11.5. The molecule has 17 heavy (non-hydrogen) atoms. The minimum atomic E-state index is -0.00177. The minimum Gasteiger partial charge on any atom is -0.377 e. The number of methoxy groups -OCH3 is 1. The number of carbonyl (C=O) groups is 1. The second-order valence-electron chi connectivity index (χ2n) is 5.38. The Morgan fingerprint density at radius 2 is 2.12 bits per heavy atom. The highest BCUT2D eigenvalue weighted by Crippen LogP contribution is 2.34. The average molecular weight is 242 g/mol. The summed E-state index contributed by atoms with van der Waals surface area (Å²) in [4.78, 5) is 11.5. The van der Waals surface area contributed by atoms with Crippen LogP contribution in [0.2, 0.25) is 0 Å². The zero-order valence-electron chi connectivity index (χ0n) is 11.3. The van der Waals surface area contributed by atoms with Crippen LogP contribution in [0.4, 0.5) is 0 Å². The summed E-state index contributed by atoms with van der Waals surface area (Å²) in [6.07, 6.45) is 4.47. The summed E-state index contributed by atoms with van der Waals surface area (Å²) < 4.78 is 5.47. The molecule has 1 saturated carbocycles. The van der Waals surface area contributed by atoms with Crippen LogP contribution >= 0.6 is 0 Å². The van der Waals surface area contributed by atoms with Crippen molar-refractivity contribution in [3.63, 3.8) is 0 Å². The fraction of sp³-hybridized carbons (Fsp3) is 0.923. The molecule has 0 heterocycles. The number of hydrogen-bond acceptors (Lipinski definition) is 3. The fourth-order valence-corrected chi connectivity index (χ4v) is 1.99. The van der Waals surface area contributed by atoms with Gasteiger partial charge in [-0.2, -0.15) is 0 Å². The van der Waals surface area contributed by atoms with Gasteiger partial charge in [-0.1, -0.05) is 13.8 Å². The molecular formula is C13H26N2O2. The molecule has 0 aromatic heterocycles. The lowest BCUT2D eigenvalue weighted by Gasteiger charge is -2.40. The van der Waals surface area contributed by atoms with Gasteiger partial charge >= 0.3 is 0 Å². The average Bonchev–Trinajstić information content (AvgIpc) is 2.21. The van der Waals surface area contributed by atoms with Crippen molar-refractivity contribution in [1.82, 2.24) is 10.6 Å². The monoisotopic (exact) mass is 242 g/mol. The Bertz CT molecular complexity index is 232. The predicted octanol–water partition coefficient (Wildman–Crippen LogP) is 1.31. The molecule has 0 aromatic rings. The van der Waals surface area contributed by atoms with Crippen LogP contribution in [0.3, 0.4) is 0 Å². The minimum absolute atomic E-state index is 0.00177. The molecule has 1 aliphatic carbocycles. The third kappa shape index (κ3) is 5.04. The molecule has 4 heteroatoms. The van der Waals surface area contributed by atoms with Crippen LogP contribution in [0.25, 0.3) is 0 Å². The lowest BCUT2D eigenvalue weighted by Crippen LogP contribution is -2.49. The third-order valence-electron chi connectivity index (χ3n) is 3.47. The highest BCUT2D eigenvalue weighted by Gasteiger charge is 2.36. The molecule has 1 aliphatic rings. The van der Waals surface area contributed by atoms with Gasteiger partial charge in [0, 0.05) is 20.2 Å².